The van der Waals surface area contributed by atoms with Gasteiger partial charge in [-0.05, 0) is 28.1 Å². The molecule has 1 aromatic carbocycles. The lowest BCUT2D eigenvalue weighted by molar-refractivity contribution is -0.117. The van der Waals surface area contributed by atoms with E-state index in [1.54, 1.807) is 4.90 Å². The Morgan fingerprint density at radius 1 is 1.58 bits per heavy atom. The van der Waals surface area contributed by atoms with Crippen LogP contribution in [0.4, 0.5) is 9.52 Å². The van der Waals surface area contributed by atoms with Crippen molar-refractivity contribution in [3.8, 4) is 12.3 Å². The molecule has 96 valence electrons. The van der Waals surface area contributed by atoms with Crippen LogP contribution >= 0.6 is 27.3 Å². The summed E-state index contributed by atoms with van der Waals surface area (Å²) in [5, 5.41) is 0.573. The van der Waals surface area contributed by atoms with E-state index in [1.165, 1.54) is 23.5 Å². The maximum absolute atomic E-state index is 13.3. The van der Waals surface area contributed by atoms with Gasteiger partial charge in [-0.25, -0.2) is 9.37 Å². The first-order chi connectivity index (χ1) is 9.08. The molecule has 0 aliphatic carbocycles. The van der Waals surface area contributed by atoms with Gasteiger partial charge in [0.1, 0.15) is 5.82 Å². The first-order valence-corrected chi connectivity index (χ1v) is 7.21. The molecule has 1 atom stereocenters. The second kappa shape index (κ2) is 4.58. The fraction of sp³-hybridized carbons (Fsp3) is 0.231. The van der Waals surface area contributed by atoms with E-state index in [4.69, 9.17) is 6.42 Å². The smallest absolute Gasteiger partial charge is 0.230 e. The monoisotopic (exact) mass is 338 g/mol. The Bertz CT molecular complexity index is 721. The molecule has 0 bridgehead atoms. The second-order valence-electron chi connectivity index (χ2n) is 4.30. The predicted octanol–water partition coefficient (Wildman–Crippen LogP) is 3.18. The molecule has 0 saturated carbocycles. The van der Waals surface area contributed by atoms with Gasteiger partial charge in [-0.3, -0.25) is 9.69 Å². The largest absolute Gasteiger partial charge is 0.287 e. The molecular weight excluding hydrogens is 331 g/mol. The van der Waals surface area contributed by atoms with Crippen LogP contribution in [0, 0.1) is 24.1 Å². The minimum absolute atomic E-state index is 0.0291. The third kappa shape index (κ3) is 2.13. The number of fused-ring (bicyclic) bond motifs is 1. The van der Waals surface area contributed by atoms with Gasteiger partial charge in [-0.1, -0.05) is 11.3 Å². The lowest BCUT2D eigenvalue weighted by Gasteiger charge is -2.10. The van der Waals surface area contributed by atoms with Gasteiger partial charge in [0.05, 0.1) is 10.2 Å². The number of anilines is 1. The highest BCUT2D eigenvalue weighted by Crippen LogP contribution is 2.36. The number of benzene rings is 1. The predicted molar refractivity (Wildman–Crippen MR) is 76.6 cm³/mol. The lowest BCUT2D eigenvalue weighted by atomic mass is 10.1. The first-order valence-electron chi connectivity index (χ1n) is 5.60. The molecule has 1 aliphatic heterocycles. The Morgan fingerprint density at radius 2 is 2.37 bits per heavy atom. The summed E-state index contributed by atoms with van der Waals surface area (Å²) in [4.78, 5) is 17.9. The second-order valence-corrected chi connectivity index (χ2v) is 6.17. The number of hydrogen-bond donors (Lipinski definition) is 0. The Balaban J connectivity index is 2.05. The van der Waals surface area contributed by atoms with E-state index in [0.717, 1.165) is 0 Å². The topological polar surface area (TPSA) is 33.2 Å². The van der Waals surface area contributed by atoms with Crippen LogP contribution in [0.5, 0.6) is 0 Å². The number of aromatic nitrogens is 1. The Hall–Kier alpha value is -1.45. The number of amides is 1. The number of hydrogen-bond acceptors (Lipinski definition) is 3. The van der Waals surface area contributed by atoms with E-state index in [9.17, 15) is 9.18 Å². The molecule has 1 saturated heterocycles. The van der Waals surface area contributed by atoms with Crippen molar-refractivity contribution < 1.29 is 9.18 Å². The van der Waals surface area contributed by atoms with Gasteiger partial charge in [-0.2, -0.15) is 0 Å². The van der Waals surface area contributed by atoms with Crippen LogP contribution in [0.15, 0.2) is 16.6 Å². The first kappa shape index (κ1) is 12.6. The fourth-order valence-electron chi connectivity index (χ4n) is 2.07. The number of thiazole rings is 1. The number of nitrogens with zero attached hydrogens (tertiary/aromatic N) is 2. The summed E-state index contributed by atoms with van der Waals surface area (Å²) in [7, 11) is 0. The minimum Gasteiger partial charge on any atom is -0.287 e. The summed E-state index contributed by atoms with van der Waals surface area (Å²) >= 11 is 4.57. The van der Waals surface area contributed by atoms with E-state index in [0.29, 0.717) is 32.8 Å². The van der Waals surface area contributed by atoms with Gasteiger partial charge in [0.25, 0.3) is 0 Å². The molecule has 1 fully saturated rings. The molecule has 6 heteroatoms. The van der Waals surface area contributed by atoms with E-state index in [1.807, 2.05) is 0 Å². The lowest BCUT2D eigenvalue weighted by Crippen LogP contribution is -2.24. The number of carbonyl (C=O) groups excluding carboxylic acids is 1. The van der Waals surface area contributed by atoms with Crippen molar-refractivity contribution in [2.75, 3.05) is 11.4 Å². The summed E-state index contributed by atoms with van der Waals surface area (Å²) in [6.45, 7) is 0.481. The van der Waals surface area contributed by atoms with Crippen molar-refractivity contribution in [3.05, 3.63) is 22.4 Å². The SMILES string of the molecule is C#CC1CC(=O)N(c2nc3c(Br)cc(F)cc3s2)C1. The minimum atomic E-state index is -0.330. The van der Waals surface area contributed by atoms with Crippen molar-refractivity contribution in [2.24, 2.45) is 5.92 Å². The maximum atomic E-state index is 13.3. The highest BCUT2D eigenvalue weighted by Gasteiger charge is 2.31. The van der Waals surface area contributed by atoms with Crippen LogP contribution in [0.1, 0.15) is 6.42 Å². The van der Waals surface area contributed by atoms with Crippen molar-refractivity contribution in [2.45, 2.75) is 6.42 Å². The standard InChI is InChI=1S/C13H8BrFN2OS/c1-2-7-3-11(18)17(6-7)13-16-12-9(14)4-8(15)5-10(12)19-13/h1,4-5,7H,3,6H2. The average molecular weight is 339 g/mol. The molecule has 3 rings (SSSR count). The number of halogens is 2. The zero-order chi connectivity index (χ0) is 13.6. The third-order valence-corrected chi connectivity index (χ3v) is 4.62. The van der Waals surface area contributed by atoms with Crippen LogP contribution in [0.25, 0.3) is 10.2 Å². The summed E-state index contributed by atoms with van der Waals surface area (Å²) in [5.74, 6) is 2.16. The molecule has 0 radical (unpaired) electrons. The quantitative estimate of drug-likeness (QED) is 0.748. The fourth-order valence-corrected chi connectivity index (χ4v) is 3.76. The van der Waals surface area contributed by atoms with Gasteiger partial charge in [0.2, 0.25) is 5.91 Å². The highest BCUT2D eigenvalue weighted by atomic mass is 79.9. The molecule has 1 aromatic heterocycles. The van der Waals surface area contributed by atoms with Gasteiger partial charge < -0.3 is 0 Å². The molecule has 0 N–H and O–H groups in total. The van der Waals surface area contributed by atoms with E-state index >= 15 is 0 Å². The van der Waals surface area contributed by atoms with Crippen LogP contribution in [0.2, 0.25) is 0 Å². The van der Waals surface area contributed by atoms with Gasteiger partial charge >= 0.3 is 0 Å². The van der Waals surface area contributed by atoms with Crippen molar-refractivity contribution in [1.82, 2.24) is 4.98 Å². The zero-order valence-electron chi connectivity index (χ0n) is 9.69. The molecule has 1 aliphatic rings. The Labute approximate surface area is 121 Å². The van der Waals surface area contributed by atoms with E-state index < -0.39 is 0 Å². The van der Waals surface area contributed by atoms with E-state index in [-0.39, 0.29) is 17.6 Å². The summed E-state index contributed by atoms with van der Waals surface area (Å²) in [5.41, 5.74) is 0.665. The van der Waals surface area contributed by atoms with Gasteiger partial charge in [-0.15, -0.1) is 12.3 Å². The van der Waals surface area contributed by atoms with Crippen LogP contribution in [0.3, 0.4) is 0 Å². The number of carbonyl (C=O) groups is 1. The van der Waals surface area contributed by atoms with Crippen LogP contribution in [-0.4, -0.2) is 17.4 Å². The van der Waals surface area contributed by atoms with Crippen molar-refractivity contribution in [3.63, 3.8) is 0 Å². The summed E-state index contributed by atoms with van der Waals surface area (Å²) < 4.78 is 14.6. The van der Waals surface area contributed by atoms with Gasteiger partial charge in [0.15, 0.2) is 5.13 Å². The van der Waals surface area contributed by atoms with Gasteiger partial charge in [0, 0.05) is 23.4 Å². The highest BCUT2D eigenvalue weighted by molar-refractivity contribution is 9.10. The zero-order valence-corrected chi connectivity index (χ0v) is 12.1. The molecule has 2 aromatic rings. The van der Waals surface area contributed by atoms with E-state index in [2.05, 4.69) is 26.8 Å². The Kier molecular flexibility index (Phi) is 3.03. The van der Waals surface area contributed by atoms with Crippen LogP contribution in [-0.2, 0) is 4.79 Å². The molecule has 1 unspecified atom stereocenters. The molecule has 19 heavy (non-hydrogen) atoms. The average Bonchev–Trinajstić information content (AvgIpc) is 2.92. The summed E-state index contributed by atoms with van der Waals surface area (Å²) in [6.07, 6.45) is 5.70. The molecular formula is C13H8BrFN2OS. The number of terminal acetylenes is 1. The number of rotatable bonds is 1. The maximum Gasteiger partial charge on any atom is 0.230 e. The molecule has 1 amide bonds. The van der Waals surface area contributed by atoms with Crippen molar-refractivity contribution >= 4 is 48.5 Å². The molecule has 3 nitrogen and oxygen atoms in total. The molecule has 0 spiro atoms. The van der Waals surface area contributed by atoms with Crippen molar-refractivity contribution in [1.29, 1.82) is 0 Å². The Morgan fingerprint density at radius 3 is 3.05 bits per heavy atom. The third-order valence-electron chi connectivity index (χ3n) is 2.99. The van der Waals surface area contributed by atoms with Crippen LogP contribution < -0.4 is 4.90 Å². The summed E-state index contributed by atoms with van der Waals surface area (Å²) in [6, 6.07) is 2.78. The molecule has 2 heterocycles. The normalized spacial score (nSPS) is 19.1.